The van der Waals surface area contributed by atoms with Crippen molar-refractivity contribution in [2.24, 2.45) is 5.92 Å². The highest BCUT2D eigenvalue weighted by Crippen LogP contribution is 2.28. The van der Waals surface area contributed by atoms with Gasteiger partial charge in [0.05, 0.1) is 5.69 Å². The fourth-order valence-corrected chi connectivity index (χ4v) is 5.33. The average molecular weight is 535 g/mol. The minimum atomic E-state index is -0.154. The molecule has 1 amide bonds. The molecule has 1 saturated heterocycles. The van der Waals surface area contributed by atoms with Gasteiger partial charge in [-0.3, -0.25) is 9.78 Å². The molecule has 206 valence electrons. The van der Waals surface area contributed by atoms with Gasteiger partial charge in [-0.05, 0) is 91.7 Å². The van der Waals surface area contributed by atoms with Crippen LogP contribution in [0.1, 0.15) is 60.5 Å². The van der Waals surface area contributed by atoms with E-state index in [9.17, 15) is 4.79 Å². The van der Waals surface area contributed by atoms with E-state index >= 15 is 0 Å². The van der Waals surface area contributed by atoms with Crippen molar-refractivity contribution < 1.29 is 4.79 Å². The molecule has 1 atom stereocenters. The lowest BCUT2D eigenvalue weighted by Gasteiger charge is -2.26. The molecule has 1 unspecified atom stereocenters. The van der Waals surface area contributed by atoms with Gasteiger partial charge < -0.3 is 15.5 Å². The maximum absolute atomic E-state index is 13.2. The van der Waals surface area contributed by atoms with Crippen LogP contribution in [-0.2, 0) is 0 Å². The Balaban J connectivity index is 1.25. The summed E-state index contributed by atoms with van der Waals surface area (Å²) in [5.74, 6) is 1.52. The molecule has 2 aromatic heterocycles. The van der Waals surface area contributed by atoms with Crippen LogP contribution in [0.4, 0.5) is 17.3 Å². The van der Waals surface area contributed by atoms with Crippen LogP contribution in [0.2, 0.25) is 0 Å². The van der Waals surface area contributed by atoms with Crippen molar-refractivity contribution in [3.05, 3.63) is 95.9 Å². The fourth-order valence-electron chi connectivity index (χ4n) is 5.33. The van der Waals surface area contributed by atoms with E-state index in [0.29, 0.717) is 23.3 Å². The van der Waals surface area contributed by atoms with Gasteiger partial charge in [-0.15, -0.1) is 0 Å². The second kappa shape index (κ2) is 12.8. The molecule has 7 nitrogen and oxygen atoms in total. The second-order valence-corrected chi connectivity index (χ2v) is 11.1. The van der Waals surface area contributed by atoms with Crippen LogP contribution in [0, 0.1) is 12.8 Å². The Hall–Kier alpha value is -4.10. The summed E-state index contributed by atoms with van der Waals surface area (Å²) in [6.07, 6.45) is 8.97. The van der Waals surface area contributed by atoms with Crippen LogP contribution in [0.25, 0.3) is 11.3 Å². The summed E-state index contributed by atoms with van der Waals surface area (Å²) < 4.78 is 0. The highest BCUT2D eigenvalue weighted by molar-refractivity contribution is 6.05. The number of hydrogen-bond donors (Lipinski definition) is 2. The molecule has 7 heteroatoms. The molecular weight excluding hydrogens is 496 g/mol. The molecule has 2 N–H and O–H groups in total. The van der Waals surface area contributed by atoms with Gasteiger partial charge >= 0.3 is 0 Å². The number of rotatable bonds is 8. The standard InChI is InChI=1S/C33H38N6O/c1-23(2)21-39-18-5-4-7-28(22-39)25-11-13-29(14-12-25)36-32(40)26-10-9-24(3)31(19-26)38-33-35-17-15-30(37-33)27-8-6-16-34-20-27/h6,8-17,19-20,23,28H,4-5,7,18,21-22H2,1-3H3,(H,36,40)(H,35,37,38). The number of benzene rings is 2. The van der Waals surface area contributed by atoms with Crippen LogP contribution in [0.5, 0.6) is 0 Å². The van der Waals surface area contributed by atoms with E-state index < -0.39 is 0 Å². The van der Waals surface area contributed by atoms with Crippen molar-refractivity contribution in [2.75, 3.05) is 30.3 Å². The van der Waals surface area contributed by atoms with E-state index in [1.54, 1.807) is 18.6 Å². The smallest absolute Gasteiger partial charge is 0.255 e. The number of aryl methyl sites for hydroxylation is 1. The third-order valence-electron chi connectivity index (χ3n) is 7.38. The normalized spacial score (nSPS) is 15.9. The predicted octanol–water partition coefficient (Wildman–Crippen LogP) is 7.07. The van der Waals surface area contributed by atoms with E-state index in [2.05, 4.69) is 56.5 Å². The molecule has 5 rings (SSSR count). The lowest BCUT2D eigenvalue weighted by Crippen LogP contribution is -2.31. The first kappa shape index (κ1) is 27.5. The van der Waals surface area contributed by atoms with E-state index in [-0.39, 0.29) is 5.91 Å². The number of likely N-dealkylation sites (tertiary alicyclic amines) is 1. The summed E-state index contributed by atoms with van der Waals surface area (Å²) in [5, 5.41) is 6.34. The number of pyridine rings is 1. The minimum absolute atomic E-state index is 0.154. The van der Waals surface area contributed by atoms with Crippen molar-refractivity contribution in [3.63, 3.8) is 0 Å². The van der Waals surface area contributed by atoms with Crippen molar-refractivity contribution in [3.8, 4) is 11.3 Å². The first-order chi connectivity index (χ1) is 19.4. The molecule has 1 aliphatic rings. The Bertz CT molecular complexity index is 1420. The summed E-state index contributed by atoms with van der Waals surface area (Å²) in [6.45, 7) is 10.0. The zero-order valence-electron chi connectivity index (χ0n) is 23.6. The van der Waals surface area contributed by atoms with Gasteiger partial charge in [0.1, 0.15) is 0 Å². The highest BCUT2D eigenvalue weighted by Gasteiger charge is 2.20. The zero-order valence-corrected chi connectivity index (χ0v) is 23.6. The lowest BCUT2D eigenvalue weighted by molar-refractivity contribution is 0.102. The monoisotopic (exact) mass is 534 g/mol. The van der Waals surface area contributed by atoms with Gasteiger partial charge in [-0.2, -0.15) is 0 Å². The predicted molar refractivity (Wildman–Crippen MR) is 162 cm³/mol. The summed E-state index contributed by atoms with van der Waals surface area (Å²) >= 11 is 0. The van der Waals surface area contributed by atoms with Crippen LogP contribution in [0.15, 0.2) is 79.3 Å². The molecule has 2 aromatic carbocycles. The number of carbonyl (C=O) groups excluding carboxylic acids is 1. The molecule has 0 radical (unpaired) electrons. The molecule has 0 bridgehead atoms. The second-order valence-electron chi connectivity index (χ2n) is 11.1. The highest BCUT2D eigenvalue weighted by atomic mass is 16.1. The van der Waals surface area contributed by atoms with Gasteiger partial charge in [0.15, 0.2) is 0 Å². The molecular formula is C33H38N6O. The first-order valence-electron chi connectivity index (χ1n) is 14.2. The third kappa shape index (κ3) is 7.10. The van der Waals surface area contributed by atoms with Gasteiger partial charge in [-0.25, -0.2) is 9.97 Å². The zero-order chi connectivity index (χ0) is 27.9. The van der Waals surface area contributed by atoms with Gasteiger partial charge in [-0.1, -0.05) is 38.5 Å². The Morgan fingerprint density at radius 3 is 2.67 bits per heavy atom. The Kier molecular flexibility index (Phi) is 8.81. The van der Waals surface area contributed by atoms with Crippen LogP contribution in [-0.4, -0.2) is 45.4 Å². The Morgan fingerprint density at radius 2 is 1.90 bits per heavy atom. The van der Waals surface area contributed by atoms with Crippen molar-refractivity contribution >= 4 is 23.2 Å². The number of carbonyl (C=O) groups is 1. The van der Waals surface area contributed by atoms with Crippen LogP contribution >= 0.6 is 0 Å². The topological polar surface area (TPSA) is 83.0 Å². The number of nitrogens with zero attached hydrogens (tertiary/aromatic N) is 4. The number of amides is 1. The summed E-state index contributed by atoms with van der Waals surface area (Å²) in [7, 11) is 0. The summed E-state index contributed by atoms with van der Waals surface area (Å²) in [5.41, 5.74) is 6.17. The fraction of sp³-hybridized carbons (Fsp3) is 0.333. The number of nitrogens with one attached hydrogen (secondary N) is 2. The van der Waals surface area contributed by atoms with Crippen molar-refractivity contribution in [1.82, 2.24) is 19.9 Å². The molecule has 0 spiro atoms. The van der Waals surface area contributed by atoms with Crippen molar-refractivity contribution in [1.29, 1.82) is 0 Å². The molecule has 1 aliphatic heterocycles. The molecule has 0 aliphatic carbocycles. The summed E-state index contributed by atoms with van der Waals surface area (Å²) in [6, 6.07) is 19.7. The van der Waals surface area contributed by atoms with E-state index in [0.717, 1.165) is 41.3 Å². The van der Waals surface area contributed by atoms with Gasteiger partial charge in [0.25, 0.3) is 5.91 Å². The average Bonchev–Trinajstić information content (AvgIpc) is 3.20. The number of hydrogen-bond acceptors (Lipinski definition) is 6. The van der Waals surface area contributed by atoms with Crippen molar-refractivity contribution in [2.45, 2.75) is 46.0 Å². The first-order valence-corrected chi connectivity index (χ1v) is 14.2. The van der Waals surface area contributed by atoms with Gasteiger partial charge in [0.2, 0.25) is 5.95 Å². The molecule has 4 aromatic rings. The van der Waals surface area contributed by atoms with Crippen LogP contribution in [0.3, 0.4) is 0 Å². The Morgan fingerprint density at radius 1 is 1.05 bits per heavy atom. The van der Waals surface area contributed by atoms with Gasteiger partial charge in [0, 0.05) is 54.2 Å². The third-order valence-corrected chi connectivity index (χ3v) is 7.38. The maximum atomic E-state index is 13.2. The SMILES string of the molecule is Cc1ccc(C(=O)Nc2ccc(C3CCCCN(CC(C)C)C3)cc2)cc1Nc1nccc(-c2cccnc2)n1. The molecule has 0 saturated carbocycles. The maximum Gasteiger partial charge on any atom is 0.255 e. The molecule has 3 heterocycles. The minimum Gasteiger partial charge on any atom is -0.324 e. The quantitative estimate of drug-likeness (QED) is 0.252. The number of aromatic nitrogens is 3. The van der Waals surface area contributed by atoms with Crippen LogP contribution < -0.4 is 10.6 Å². The van der Waals surface area contributed by atoms with E-state index in [1.165, 1.54) is 31.4 Å². The molecule has 40 heavy (non-hydrogen) atoms. The lowest BCUT2D eigenvalue weighted by atomic mass is 9.94. The van der Waals surface area contributed by atoms with E-state index in [1.807, 2.05) is 55.5 Å². The summed E-state index contributed by atoms with van der Waals surface area (Å²) in [4.78, 5) is 28.9. The molecule has 1 fully saturated rings. The number of anilines is 3. The Labute approximate surface area is 237 Å². The largest absolute Gasteiger partial charge is 0.324 e. The van der Waals surface area contributed by atoms with E-state index in [4.69, 9.17) is 0 Å².